The van der Waals surface area contributed by atoms with Crippen LogP contribution in [0.15, 0.2) is 16.7 Å². The number of aliphatic hydroxyl groups excluding tert-OH is 1. The third-order valence-corrected chi connectivity index (χ3v) is 6.25. The van der Waals surface area contributed by atoms with E-state index in [0.717, 1.165) is 31.7 Å². The third-order valence-electron chi connectivity index (χ3n) is 5.93. The molecule has 2 heterocycles. The number of ether oxygens (including phenoxy) is 1. The molecule has 1 saturated heterocycles. The normalized spacial score (nSPS) is 18.2. The maximum Gasteiger partial charge on any atom is 0.266 e. The molecule has 4 rings (SSSR count). The lowest BCUT2D eigenvalue weighted by molar-refractivity contribution is -0.135. The number of hydrogen-bond acceptors (Lipinski definition) is 8. The molecule has 1 aliphatic carbocycles. The molecule has 1 saturated carbocycles. The fourth-order valence-corrected chi connectivity index (χ4v) is 4.30. The van der Waals surface area contributed by atoms with E-state index >= 15 is 0 Å². The number of nitrogens with zero attached hydrogens (tertiary/aromatic N) is 4. The number of aromatic nitrogens is 2. The van der Waals surface area contributed by atoms with Crippen LogP contribution in [0.25, 0.3) is 11.5 Å². The van der Waals surface area contributed by atoms with Crippen LogP contribution < -0.4 is 15.4 Å². The molecule has 2 aliphatic rings. The summed E-state index contributed by atoms with van der Waals surface area (Å²) in [6.07, 6.45) is 4.24. The first-order valence-corrected chi connectivity index (χ1v) is 11.2. The van der Waals surface area contributed by atoms with E-state index in [9.17, 15) is 9.18 Å². The summed E-state index contributed by atoms with van der Waals surface area (Å²) in [7, 11) is 0. The van der Waals surface area contributed by atoms with Gasteiger partial charge in [-0.05, 0) is 24.1 Å². The number of aliphatic hydroxyl groups is 1. The van der Waals surface area contributed by atoms with E-state index in [2.05, 4.69) is 10.1 Å². The standard InChI is InChI=1S/C21H27ClFN5O4/c22-16-10-18(31-12-14(24)11-29)17(23)9-15(16)19-25-21(26-32-19)28-7-5-27(6-8-28)20(30)13-3-1-2-4-13/h9-10,13-14,29H,1-8,11-12,24H2/t14-/m1/s1. The molecule has 1 atom stereocenters. The zero-order chi connectivity index (χ0) is 22.7. The van der Waals surface area contributed by atoms with Gasteiger partial charge in [0.15, 0.2) is 11.6 Å². The van der Waals surface area contributed by atoms with Crippen molar-refractivity contribution >= 4 is 23.5 Å². The molecule has 1 amide bonds. The van der Waals surface area contributed by atoms with Crippen LogP contribution in [0.2, 0.25) is 5.02 Å². The van der Waals surface area contributed by atoms with Crippen LogP contribution >= 0.6 is 11.6 Å². The van der Waals surface area contributed by atoms with Gasteiger partial charge in [-0.3, -0.25) is 4.79 Å². The Morgan fingerprint density at radius 2 is 2.03 bits per heavy atom. The Balaban J connectivity index is 1.39. The summed E-state index contributed by atoms with van der Waals surface area (Å²) in [5, 5.41) is 13.1. The van der Waals surface area contributed by atoms with Gasteiger partial charge < -0.3 is 29.9 Å². The predicted molar refractivity (Wildman–Crippen MR) is 116 cm³/mol. The van der Waals surface area contributed by atoms with Crippen LogP contribution in [0.1, 0.15) is 25.7 Å². The third kappa shape index (κ3) is 4.97. The summed E-state index contributed by atoms with van der Waals surface area (Å²) in [4.78, 5) is 20.8. The maximum absolute atomic E-state index is 14.5. The van der Waals surface area contributed by atoms with Crippen LogP contribution in [0.5, 0.6) is 5.75 Å². The molecule has 1 aromatic carbocycles. The lowest BCUT2D eigenvalue weighted by Gasteiger charge is -2.35. The molecule has 2 aromatic rings. The minimum Gasteiger partial charge on any atom is -0.489 e. The number of nitrogens with two attached hydrogens (primary N) is 1. The second-order valence-corrected chi connectivity index (χ2v) is 8.62. The first kappa shape index (κ1) is 22.8. The summed E-state index contributed by atoms with van der Waals surface area (Å²) in [5.74, 6) is 0.145. The lowest BCUT2D eigenvalue weighted by Crippen LogP contribution is -2.50. The number of hydrogen-bond donors (Lipinski definition) is 2. The molecule has 0 spiro atoms. The molecular weight excluding hydrogens is 441 g/mol. The number of anilines is 1. The summed E-state index contributed by atoms with van der Waals surface area (Å²) in [6.45, 7) is 2.08. The minimum absolute atomic E-state index is 0.0526. The second-order valence-electron chi connectivity index (χ2n) is 8.21. The Hall–Kier alpha value is -2.43. The molecule has 0 bridgehead atoms. The fourth-order valence-electron chi connectivity index (χ4n) is 4.06. The van der Waals surface area contributed by atoms with Crippen LogP contribution in [0, 0.1) is 11.7 Å². The number of carbonyl (C=O) groups excluding carboxylic acids is 1. The smallest absolute Gasteiger partial charge is 0.266 e. The van der Waals surface area contributed by atoms with E-state index in [0.29, 0.717) is 32.1 Å². The van der Waals surface area contributed by atoms with Crippen molar-refractivity contribution in [3.63, 3.8) is 0 Å². The number of benzene rings is 1. The zero-order valence-corrected chi connectivity index (χ0v) is 18.4. The maximum atomic E-state index is 14.5. The van der Waals surface area contributed by atoms with Gasteiger partial charge in [-0.15, -0.1) is 0 Å². The Labute approximate surface area is 190 Å². The monoisotopic (exact) mass is 467 g/mol. The van der Waals surface area contributed by atoms with Crippen LogP contribution in [-0.2, 0) is 4.79 Å². The summed E-state index contributed by atoms with van der Waals surface area (Å²) in [6, 6.07) is 1.85. The highest BCUT2D eigenvalue weighted by molar-refractivity contribution is 6.33. The average Bonchev–Trinajstić information content (AvgIpc) is 3.51. The molecule has 0 radical (unpaired) electrons. The van der Waals surface area contributed by atoms with Gasteiger partial charge in [-0.25, -0.2) is 4.39 Å². The number of piperazine rings is 1. The SMILES string of the molecule is N[C@H](CO)COc1cc(Cl)c(-c2nc(N3CCN(C(=O)C4CCCC4)CC3)no2)cc1F. The van der Waals surface area contributed by atoms with E-state index in [1.807, 2.05) is 9.80 Å². The van der Waals surface area contributed by atoms with E-state index in [1.165, 1.54) is 6.07 Å². The molecule has 3 N–H and O–H groups in total. The topological polar surface area (TPSA) is 118 Å². The van der Waals surface area contributed by atoms with Crippen molar-refractivity contribution in [1.29, 1.82) is 0 Å². The molecule has 9 nitrogen and oxygen atoms in total. The van der Waals surface area contributed by atoms with Crippen molar-refractivity contribution in [2.24, 2.45) is 11.7 Å². The van der Waals surface area contributed by atoms with Crippen molar-refractivity contribution < 1.29 is 23.6 Å². The van der Waals surface area contributed by atoms with Gasteiger partial charge in [0.2, 0.25) is 5.91 Å². The molecule has 174 valence electrons. The highest BCUT2D eigenvalue weighted by atomic mass is 35.5. The first-order chi connectivity index (χ1) is 15.5. The largest absolute Gasteiger partial charge is 0.489 e. The van der Waals surface area contributed by atoms with Gasteiger partial charge in [-0.2, -0.15) is 4.98 Å². The molecule has 11 heteroatoms. The quantitative estimate of drug-likeness (QED) is 0.635. The number of carbonyl (C=O) groups is 1. The molecule has 1 aliphatic heterocycles. The molecule has 0 unspecified atom stereocenters. The van der Waals surface area contributed by atoms with Gasteiger partial charge in [0.05, 0.1) is 23.2 Å². The molecular formula is C21H27ClFN5O4. The minimum atomic E-state index is -0.659. The van der Waals surface area contributed by atoms with Gasteiger partial charge in [0, 0.05) is 38.2 Å². The fraction of sp³-hybridized carbons (Fsp3) is 0.571. The van der Waals surface area contributed by atoms with Gasteiger partial charge in [0.25, 0.3) is 11.8 Å². The predicted octanol–water partition coefficient (Wildman–Crippen LogP) is 2.07. The number of rotatable bonds is 7. The molecule has 2 fully saturated rings. The van der Waals surface area contributed by atoms with Crippen LogP contribution in [-0.4, -0.2) is 71.5 Å². The van der Waals surface area contributed by atoms with Crippen molar-refractivity contribution in [2.45, 2.75) is 31.7 Å². The Morgan fingerprint density at radius 1 is 1.31 bits per heavy atom. The van der Waals surface area contributed by atoms with Crippen LogP contribution in [0.3, 0.4) is 0 Å². The summed E-state index contributed by atoms with van der Waals surface area (Å²) in [5.41, 5.74) is 5.82. The van der Waals surface area contributed by atoms with E-state index in [4.69, 9.17) is 31.7 Å². The van der Waals surface area contributed by atoms with E-state index in [-0.39, 0.29) is 47.3 Å². The summed E-state index contributed by atoms with van der Waals surface area (Å²) < 4.78 is 25.1. The second kappa shape index (κ2) is 10.0. The van der Waals surface area contributed by atoms with E-state index in [1.54, 1.807) is 0 Å². The zero-order valence-electron chi connectivity index (χ0n) is 17.7. The van der Waals surface area contributed by atoms with Crippen molar-refractivity contribution in [3.8, 4) is 17.2 Å². The number of halogens is 2. The average molecular weight is 468 g/mol. The number of amides is 1. The Morgan fingerprint density at radius 3 is 2.72 bits per heavy atom. The molecule has 1 aromatic heterocycles. The Kier molecular flexibility index (Phi) is 7.12. The van der Waals surface area contributed by atoms with Crippen molar-refractivity contribution in [1.82, 2.24) is 15.0 Å². The molecule has 32 heavy (non-hydrogen) atoms. The highest BCUT2D eigenvalue weighted by Gasteiger charge is 2.30. The van der Waals surface area contributed by atoms with Gasteiger partial charge in [-0.1, -0.05) is 24.4 Å². The van der Waals surface area contributed by atoms with Crippen molar-refractivity contribution in [2.75, 3.05) is 44.3 Å². The Bertz CT molecular complexity index is 944. The van der Waals surface area contributed by atoms with Gasteiger partial charge >= 0.3 is 0 Å². The lowest BCUT2D eigenvalue weighted by atomic mass is 10.1. The van der Waals surface area contributed by atoms with E-state index < -0.39 is 11.9 Å². The summed E-state index contributed by atoms with van der Waals surface area (Å²) >= 11 is 6.28. The van der Waals surface area contributed by atoms with Gasteiger partial charge in [0.1, 0.15) is 6.61 Å². The highest BCUT2D eigenvalue weighted by Crippen LogP contribution is 2.34. The first-order valence-electron chi connectivity index (χ1n) is 10.8. The van der Waals surface area contributed by atoms with Crippen LogP contribution in [0.4, 0.5) is 10.3 Å². The van der Waals surface area contributed by atoms with Crippen molar-refractivity contribution in [3.05, 3.63) is 23.0 Å².